The summed E-state index contributed by atoms with van der Waals surface area (Å²) in [6.45, 7) is 3.06. The van der Waals surface area contributed by atoms with E-state index in [2.05, 4.69) is 4.72 Å². The highest BCUT2D eigenvalue weighted by molar-refractivity contribution is 7.92. The van der Waals surface area contributed by atoms with Crippen LogP contribution in [0.15, 0.2) is 71.6 Å². The van der Waals surface area contributed by atoms with E-state index in [-0.39, 0.29) is 16.6 Å². The predicted molar refractivity (Wildman–Crippen MR) is 146 cm³/mol. The van der Waals surface area contributed by atoms with Gasteiger partial charge < -0.3 is 10.6 Å². The van der Waals surface area contributed by atoms with Gasteiger partial charge in [0.15, 0.2) is 9.84 Å². The van der Waals surface area contributed by atoms with Gasteiger partial charge in [0.2, 0.25) is 10.0 Å². The first-order chi connectivity index (χ1) is 17.4. The molecular formula is C27H31N3O5S2. The molecule has 1 heterocycles. The van der Waals surface area contributed by atoms with Gasteiger partial charge in [-0.15, -0.1) is 0 Å². The smallest absolute Gasteiger partial charge is 0.254 e. The summed E-state index contributed by atoms with van der Waals surface area (Å²) >= 11 is 0. The minimum absolute atomic E-state index is 0.120. The minimum Gasteiger partial charge on any atom is -0.399 e. The molecule has 1 aliphatic heterocycles. The van der Waals surface area contributed by atoms with Gasteiger partial charge in [0.05, 0.1) is 10.6 Å². The third-order valence-corrected chi connectivity index (χ3v) is 9.03. The molecule has 10 heteroatoms. The van der Waals surface area contributed by atoms with E-state index in [0.29, 0.717) is 35.8 Å². The molecular weight excluding hydrogens is 510 g/mol. The van der Waals surface area contributed by atoms with E-state index >= 15 is 0 Å². The molecule has 0 saturated carbocycles. The van der Waals surface area contributed by atoms with Crippen molar-refractivity contribution in [3.63, 3.8) is 0 Å². The van der Waals surface area contributed by atoms with Crippen LogP contribution in [0.25, 0.3) is 0 Å². The molecule has 1 aliphatic rings. The van der Waals surface area contributed by atoms with Crippen LogP contribution in [-0.4, -0.2) is 47.0 Å². The maximum absolute atomic E-state index is 13.3. The Hall–Kier alpha value is -3.37. The van der Waals surface area contributed by atoms with Crippen molar-refractivity contribution in [3.05, 3.63) is 89.0 Å². The number of hydrogen-bond donors (Lipinski definition) is 2. The Morgan fingerprint density at radius 3 is 2.16 bits per heavy atom. The van der Waals surface area contributed by atoms with Gasteiger partial charge in [0.25, 0.3) is 5.91 Å². The molecule has 0 aliphatic carbocycles. The standard InChI is InChI=1S/C27H31N3O5S2/c1-19-3-10-24(29-37(34,35)18-20-4-11-25(12-5-20)36(2,32)33)17-26(19)27(31)30-15-13-22(14-16-30)21-6-8-23(28)9-7-21/h3-12,17,22,29H,13-16,18,28H2,1-2H3. The molecule has 0 aromatic heterocycles. The third-order valence-electron chi connectivity index (χ3n) is 6.64. The van der Waals surface area contributed by atoms with Crippen molar-refractivity contribution in [2.45, 2.75) is 36.3 Å². The Balaban J connectivity index is 1.42. The predicted octanol–water partition coefficient (Wildman–Crippen LogP) is 3.94. The first-order valence-corrected chi connectivity index (χ1v) is 15.5. The average molecular weight is 542 g/mol. The van der Waals surface area contributed by atoms with Crippen LogP contribution in [0.5, 0.6) is 0 Å². The van der Waals surface area contributed by atoms with E-state index in [1.807, 2.05) is 36.1 Å². The van der Waals surface area contributed by atoms with Crippen molar-refractivity contribution in [1.82, 2.24) is 4.90 Å². The molecule has 0 unspecified atom stereocenters. The SMILES string of the molecule is Cc1ccc(NS(=O)(=O)Cc2ccc(S(C)(=O)=O)cc2)cc1C(=O)N1CCC(c2ccc(N)cc2)CC1. The van der Waals surface area contributed by atoms with Gasteiger partial charge >= 0.3 is 0 Å². The summed E-state index contributed by atoms with van der Waals surface area (Å²) in [5.74, 6) is -0.0756. The quantitative estimate of drug-likeness (QED) is 0.436. The first kappa shape index (κ1) is 26.7. The van der Waals surface area contributed by atoms with Crippen molar-refractivity contribution in [3.8, 4) is 0 Å². The molecule has 8 nitrogen and oxygen atoms in total. The van der Waals surface area contributed by atoms with Gasteiger partial charge in [-0.2, -0.15) is 0 Å². The fraction of sp³-hybridized carbons (Fsp3) is 0.296. The zero-order valence-corrected chi connectivity index (χ0v) is 22.5. The van der Waals surface area contributed by atoms with Gasteiger partial charge in [-0.05, 0) is 78.8 Å². The number of aryl methyl sites for hydroxylation is 1. The monoisotopic (exact) mass is 541 g/mol. The highest BCUT2D eigenvalue weighted by Gasteiger charge is 2.26. The summed E-state index contributed by atoms with van der Waals surface area (Å²) in [5.41, 5.74) is 9.73. The van der Waals surface area contributed by atoms with E-state index < -0.39 is 19.9 Å². The van der Waals surface area contributed by atoms with Crippen LogP contribution in [0.4, 0.5) is 11.4 Å². The van der Waals surface area contributed by atoms with Crippen LogP contribution < -0.4 is 10.5 Å². The number of carbonyl (C=O) groups is 1. The summed E-state index contributed by atoms with van der Waals surface area (Å²) < 4.78 is 51.4. The van der Waals surface area contributed by atoms with Crippen LogP contribution in [0.3, 0.4) is 0 Å². The molecule has 3 N–H and O–H groups in total. The highest BCUT2D eigenvalue weighted by Crippen LogP contribution is 2.30. The average Bonchev–Trinajstić information content (AvgIpc) is 2.85. The summed E-state index contributed by atoms with van der Waals surface area (Å²) in [6, 6.07) is 18.5. The summed E-state index contributed by atoms with van der Waals surface area (Å²) in [5, 5.41) is 0. The number of rotatable bonds is 7. The summed E-state index contributed by atoms with van der Waals surface area (Å²) in [6.07, 6.45) is 2.79. The van der Waals surface area contributed by atoms with E-state index in [9.17, 15) is 21.6 Å². The fourth-order valence-electron chi connectivity index (χ4n) is 4.54. The second-order valence-corrected chi connectivity index (χ2v) is 13.3. The van der Waals surface area contributed by atoms with Crippen molar-refractivity contribution >= 4 is 37.1 Å². The number of nitrogens with zero attached hydrogens (tertiary/aromatic N) is 1. The molecule has 0 atom stereocenters. The molecule has 3 aromatic rings. The topological polar surface area (TPSA) is 127 Å². The number of likely N-dealkylation sites (tertiary alicyclic amines) is 1. The maximum Gasteiger partial charge on any atom is 0.254 e. The lowest BCUT2D eigenvalue weighted by Crippen LogP contribution is -2.38. The van der Waals surface area contributed by atoms with Crippen molar-refractivity contribution in [1.29, 1.82) is 0 Å². The van der Waals surface area contributed by atoms with Crippen LogP contribution in [0.1, 0.15) is 45.8 Å². The minimum atomic E-state index is -3.79. The lowest BCUT2D eigenvalue weighted by molar-refractivity contribution is 0.0712. The van der Waals surface area contributed by atoms with Crippen molar-refractivity contribution < 1.29 is 21.6 Å². The molecule has 0 radical (unpaired) electrons. The third kappa shape index (κ3) is 6.69. The summed E-state index contributed by atoms with van der Waals surface area (Å²) in [7, 11) is -7.15. The van der Waals surface area contributed by atoms with Gasteiger partial charge in [0, 0.05) is 36.3 Å². The Kier molecular flexibility index (Phi) is 7.61. The van der Waals surface area contributed by atoms with Crippen molar-refractivity contribution in [2.75, 3.05) is 29.8 Å². The molecule has 196 valence electrons. The number of nitrogens with two attached hydrogens (primary N) is 1. The van der Waals surface area contributed by atoms with Crippen LogP contribution in [-0.2, 0) is 25.6 Å². The second-order valence-electron chi connectivity index (χ2n) is 9.54. The highest BCUT2D eigenvalue weighted by atomic mass is 32.2. The van der Waals surface area contributed by atoms with E-state index in [0.717, 1.165) is 30.3 Å². The maximum atomic E-state index is 13.3. The van der Waals surface area contributed by atoms with E-state index in [1.165, 1.54) is 29.8 Å². The number of piperidine rings is 1. The van der Waals surface area contributed by atoms with E-state index in [1.54, 1.807) is 18.2 Å². The number of nitrogen functional groups attached to an aromatic ring is 1. The fourth-order valence-corrected chi connectivity index (χ4v) is 6.36. The first-order valence-electron chi connectivity index (χ1n) is 12.0. The van der Waals surface area contributed by atoms with Crippen LogP contribution in [0, 0.1) is 6.92 Å². The number of amides is 1. The number of nitrogens with one attached hydrogen (secondary N) is 1. The molecule has 4 rings (SSSR count). The zero-order chi connectivity index (χ0) is 26.8. The molecule has 3 aromatic carbocycles. The Bertz CT molecular complexity index is 1490. The van der Waals surface area contributed by atoms with Crippen molar-refractivity contribution in [2.24, 2.45) is 0 Å². The van der Waals surface area contributed by atoms with Gasteiger partial charge in [0.1, 0.15) is 0 Å². The van der Waals surface area contributed by atoms with Crippen LogP contribution >= 0.6 is 0 Å². The molecule has 1 amide bonds. The molecule has 1 fully saturated rings. The Morgan fingerprint density at radius 2 is 1.57 bits per heavy atom. The normalized spacial score (nSPS) is 14.9. The van der Waals surface area contributed by atoms with Gasteiger partial charge in [-0.1, -0.05) is 30.3 Å². The lowest BCUT2D eigenvalue weighted by atomic mass is 9.89. The summed E-state index contributed by atoms with van der Waals surface area (Å²) in [4.78, 5) is 15.3. The van der Waals surface area contributed by atoms with Gasteiger partial charge in [-0.3, -0.25) is 9.52 Å². The van der Waals surface area contributed by atoms with E-state index in [4.69, 9.17) is 5.73 Å². The lowest BCUT2D eigenvalue weighted by Gasteiger charge is -2.32. The Morgan fingerprint density at radius 1 is 0.946 bits per heavy atom. The number of hydrogen-bond acceptors (Lipinski definition) is 6. The zero-order valence-electron chi connectivity index (χ0n) is 20.8. The van der Waals surface area contributed by atoms with Crippen LogP contribution in [0.2, 0.25) is 0 Å². The molecule has 1 saturated heterocycles. The number of sulfonamides is 1. The second kappa shape index (κ2) is 10.5. The largest absolute Gasteiger partial charge is 0.399 e. The number of carbonyl (C=O) groups excluding carboxylic acids is 1. The molecule has 0 spiro atoms. The molecule has 37 heavy (non-hydrogen) atoms. The Labute approximate surface area is 218 Å². The number of anilines is 2. The number of sulfone groups is 1. The molecule has 0 bridgehead atoms. The van der Waals surface area contributed by atoms with Gasteiger partial charge in [-0.25, -0.2) is 16.8 Å². The number of benzene rings is 3.